The van der Waals surface area contributed by atoms with Crippen molar-refractivity contribution in [3.8, 4) is 5.75 Å². The van der Waals surface area contributed by atoms with Crippen LogP contribution in [0, 0.1) is 13.8 Å². The van der Waals surface area contributed by atoms with Crippen molar-refractivity contribution in [1.82, 2.24) is 0 Å². The molecule has 2 aromatic rings. The van der Waals surface area contributed by atoms with Gasteiger partial charge in [-0.3, -0.25) is 4.79 Å². The molecule has 1 aliphatic rings. The van der Waals surface area contributed by atoms with Gasteiger partial charge in [-0.1, -0.05) is 49.6 Å². The van der Waals surface area contributed by atoms with Crippen LogP contribution in [0.5, 0.6) is 5.75 Å². The van der Waals surface area contributed by atoms with Gasteiger partial charge in [0, 0.05) is 5.69 Å². The van der Waals surface area contributed by atoms with E-state index in [0.717, 1.165) is 53.8 Å². The Morgan fingerprint density at radius 2 is 1.59 bits per heavy atom. The molecule has 0 spiro atoms. The van der Waals surface area contributed by atoms with Gasteiger partial charge in [0.15, 0.2) is 0 Å². The summed E-state index contributed by atoms with van der Waals surface area (Å²) in [6.07, 6.45) is 5.36. The van der Waals surface area contributed by atoms with Crippen molar-refractivity contribution in [2.45, 2.75) is 71.3 Å². The highest BCUT2D eigenvalue weighted by Gasteiger charge is 2.41. The summed E-state index contributed by atoms with van der Waals surface area (Å²) in [5.74, 6) is 1.03. The Morgan fingerprint density at radius 1 is 1.00 bits per heavy atom. The van der Waals surface area contributed by atoms with E-state index in [9.17, 15) is 4.79 Å². The van der Waals surface area contributed by atoms with Crippen LogP contribution in [0.2, 0.25) is 0 Å². The van der Waals surface area contributed by atoms with Gasteiger partial charge in [-0.2, -0.15) is 0 Å². The average Bonchev–Trinajstić information content (AvgIpc) is 2.66. The third kappa shape index (κ3) is 4.18. The molecule has 0 aromatic heterocycles. The maximum absolute atomic E-state index is 13.4. The van der Waals surface area contributed by atoms with Crippen molar-refractivity contribution in [2.24, 2.45) is 0 Å². The number of hydrogen-bond acceptors (Lipinski definition) is 2. The molecule has 1 saturated carbocycles. The van der Waals surface area contributed by atoms with Gasteiger partial charge in [0.05, 0.1) is 11.5 Å². The molecule has 0 saturated heterocycles. The van der Waals surface area contributed by atoms with Gasteiger partial charge in [0.1, 0.15) is 5.75 Å². The molecule has 3 rings (SSSR count). The lowest BCUT2D eigenvalue weighted by Crippen LogP contribution is -2.42. The van der Waals surface area contributed by atoms with Crippen molar-refractivity contribution in [2.75, 3.05) is 5.32 Å². The SMILES string of the molecule is Cc1cc(NC(=O)C2(c3ccccc3)CCCCC2)cc(C)c1OC(C)C. The predicted octanol–water partition coefficient (Wildman–Crippen LogP) is 5.93. The highest BCUT2D eigenvalue weighted by Crippen LogP contribution is 2.40. The van der Waals surface area contributed by atoms with E-state index < -0.39 is 5.41 Å². The number of benzene rings is 2. The summed E-state index contributed by atoms with van der Waals surface area (Å²) in [7, 11) is 0. The van der Waals surface area contributed by atoms with Gasteiger partial charge in [-0.05, 0) is 69.4 Å². The van der Waals surface area contributed by atoms with Crippen LogP contribution in [0.4, 0.5) is 5.69 Å². The van der Waals surface area contributed by atoms with Crippen molar-refractivity contribution in [3.63, 3.8) is 0 Å². The second kappa shape index (κ2) is 8.16. The zero-order valence-corrected chi connectivity index (χ0v) is 17.0. The smallest absolute Gasteiger partial charge is 0.235 e. The number of ether oxygens (including phenoxy) is 1. The first-order valence-electron chi connectivity index (χ1n) is 10.1. The van der Waals surface area contributed by atoms with E-state index in [-0.39, 0.29) is 12.0 Å². The van der Waals surface area contributed by atoms with E-state index >= 15 is 0 Å². The number of hydrogen-bond donors (Lipinski definition) is 1. The highest BCUT2D eigenvalue weighted by molar-refractivity contribution is 5.99. The minimum absolute atomic E-state index is 0.115. The van der Waals surface area contributed by atoms with Crippen molar-refractivity contribution in [3.05, 3.63) is 59.2 Å². The lowest BCUT2D eigenvalue weighted by molar-refractivity contribution is -0.122. The zero-order valence-electron chi connectivity index (χ0n) is 17.0. The third-order valence-corrected chi connectivity index (χ3v) is 5.54. The van der Waals surface area contributed by atoms with Crippen LogP contribution >= 0.6 is 0 Å². The monoisotopic (exact) mass is 365 g/mol. The van der Waals surface area contributed by atoms with Crippen molar-refractivity contribution >= 4 is 11.6 Å². The van der Waals surface area contributed by atoms with E-state index in [1.54, 1.807) is 0 Å². The standard InChI is InChI=1S/C24H31NO2/c1-17(2)27-22-18(3)15-21(16-19(22)4)25-23(26)24(13-9-6-10-14-24)20-11-7-5-8-12-20/h5,7-8,11-12,15-17H,6,9-10,13-14H2,1-4H3,(H,25,26). The van der Waals surface area contributed by atoms with Gasteiger partial charge >= 0.3 is 0 Å². The molecular formula is C24H31NO2. The number of carbonyl (C=O) groups is 1. The summed E-state index contributed by atoms with van der Waals surface area (Å²) in [6, 6.07) is 14.3. The summed E-state index contributed by atoms with van der Waals surface area (Å²) in [6.45, 7) is 8.13. The van der Waals surface area contributed by atoms with Gasteiger partial charge in [-0.15, -0.1) is 0 Å². The molecule has 1 fully saturated rings. The number of amides is 1. The molecule has 0 bridgehead atoms. The maximum Gasteiger partial charge on any atom is 0.235 e. The van der Waals surface area contributed by atoms with E-state index in [1.165, 1.54) is 6.42 Å². The van der Waals surface area contributed by atoms with Crippen LogP contribution in [-0.4, -0.2) is 12.0 Å². The lowest BCUT2D eigenvalue weighted by atomic mass is 9.68. The molecule has 1 amide bonds. The number of aryl methyl sites for hydroxylation is 2. The fourth-order valence-electron chi connectivity index (χ4n) is 4.25. The molecule has 0 atom stereocenters. The minimum atomic E-state index is -0.422. The molecule has 0 aliphatic heterocycles. The Labute approximate surface area is 163 Å². The largest absolute Gasteiger partial charge is 0.490 e. The van der Waals surface area contributed by atoms with Gasteiger partial charge in [0.25, 0.3) is 0 Å². The summed E-state index contributed by atoms with van der Waals surface area (Å²) in [4.78, 5) is 13.4. The normalized spacial score (nSPS) is 16.2. The molecule has 1 N–H and O–H groups in total. The fourth-order valence-corrected chi connectivity index (χ4v) is 4.25. The first kappa shape index (κ1) is 19.5. The molecule has 0 unspecified atom stereocenters. The Bertz CT molecular complexity index is 766. The van der Waals surface area contributed by atoms with E-state index in [0.29, 0.717) is 0 Å². The molecule has 0 radical (unpaired) electrons. The quantitative estimate of drug-likeness (QED) is 0.713. The highest BCUT2D eigenvalue weighted by atomic mass is 16.5. The molecule has 144 valence electrons. The third-order valence-electron chi connectivity index (χ3n) is 5.54. The Balaban J connectivity index is 1.88. The Morgan fingerprint density at radius 3 is 2.15 bits per heavy atom. The average molecular weight is 366 g/mol. The Kier molecular flexibility index (Phi) is 5.88. The summed E-state index contributed by atoms with van der Waals surface area (Å²) in [5.41, 5.74) is 3.67. The van der Waals surface area contributed by atoms with Crippen LogP contribution in [0.15, 0.2) is 42.5 Å². The first-order chi connectivity index (χ1) is 12.9. The van der Waals surface area contributed by atoms with Gasteiger partial charge < -0.3 is 10.1 Å². The van der Waals surface area contributed by atoms with Crippen molar-refractivity contribution in [1.29, 1.82) is 0 Å². The van der Waals surface area contributed by atoms with E-state index in [4.69, 9.17) is 4.74 Å². The molecular weight excluding hydrogens is 334 g/mol. The lowest BCUT2D eigenvalue weighted by Gasteiger charge is -2.36. The molecule has 3 heteroatoms. The number of anilines is 1. The fraction of sp³-hybridized carbons (Fsp3) is 0.458. The number of nitrogens with one attached hydrogen (secondary N) is 1. The van der Waals surface area contributed by atoms with Gasteiger partial charge in [-0.25, -0.2) is 0 Å². The second-order valence-electron chi connectivity index (χ2n) is 8.07. The summed E-state index contributed by atoms with van der Waals surface area (Å²) < 4.78 is 5.93. The molecule has 0 heterocycles. The minimum Gasteiger partial charge on any atom is -0.490 e. The predicted molar refractivity (Wildman–Crippen MR) is 112 cm³/mol. The maximum atomic E-state index is 13.4. The van der Waals surface area contributed by atoms with Crippen LogP contribution in [0.25, 0.3) is 0 Å². The summed E-state index contributed by atoms with van der Waals surface area (Å²) in [5, 5.41) is 3.22. The van der Waals surface area contributed by atoms with Crippen LogP contribution in [0.1, 0.15) is 62.6 Å². The van der Waals surface area contributed by atoms with Crippen molar-refractivity contribution < 1.29 is 9.53 Å². The van der Waals surface area contributed by atoms with E-state index in [2.05, 4.69) is 17.4 Å². The van der Waals surface area contributed by atoms with Crippen LogP contribution in [-0.2, 0) is 10.2 Å². The second-order valence-corrected chi connectivity index (χ2v) is 8.07. The number of carbonyl (C=O) groups excluding carboxylic acids is 1. The Hall–Kier alpha value is -2.29. The number of rotatable bonds is 5. The summed E-state index contributed by atoms with van der Waals surface area (Å²) >= 11 is 0. The van der Waals surface area contributed by atoms with Crippen LogP contribution in [0.3, 0.4) is 0 Å². The molecule has 3 nitrogen and oxygen atoms in total. The first-order valence-corrected chi connectivity index (χ1v) is 10.1. The van der Waals surface area contributed by atoms with Gasteiger partial charge in [0.2, 0.25) is 5.91 Å². The zero-order chi connectivity index (χ0) is 19.4. The molecule has 27 heavy (non-hydrogen) atoms. The van der Waals surface area contributed by atoms with E-state index in [1.807, 2.05) is 58.0 Å². The topological polar surface area (TPSA) is 38.3 Å². The van der Waals surface area contributed by atoms with Crippen LogP contribution < -0.4 is 10.1 Å². The molecule has 1 aliphatic carbocycles. The molecule has 2 aromatic carbocycles.